The SMILES string of the molecule is CC1(C)[C@@H]2C[C@H]1C(=O)CC2=O. The van der Waals surface area contributed by atoms with Gasteiger partial charge in [0.15, 0.2) is 0 Å². The summed E-state index contributed by atoms with van der Waals surface area (Å²) in [6.45, 7) is 4.06. The van der Waals surface area contributed by atoms with Gasteiger partial charge in [0.2, 0.25) is 0 Å². The third kappa shape index (κ3) is 0.673. The van der Waals surface area contributed by atoms with Gasteiger partial charge in [-0.1, -0.05) is 13.8 Å². The highest BCUT2D eigenvalue weighted by Crippen LogP contribution is 2.55. The van der Waals surface area contributed by atoms with Gasteiger partial charge >= 0.3 is 0 Å². The molecule has 3 rings (SSSR count). The average Bonchev–Trinajstić information content (AvgIpc) is 1.84. The van der Waals surface area contributed by atoms with Crippen LogP contribution in [0.3, 0.4) is 0 Å². The van der Waals surface area contributed by atoms with Gasteiger partial charge in [0.1, 0.15) is 11.6 Å². The van der Waals surface area contributed by atoms with E-state index in [1.165, 1.54) is 0 Å². The van der Waals surface area contributed by atoms with E-state index in [1.807, 2.05) is 13.8 Å². The minimum absolute atomic E-state index is 0.0214. The highest BCUT2D eigenvalue weighted by Gasteiger charge is 2.58. The molecular weight excluding hydrogens is 140 g/mol. The number of ketones is 2. The van der Waals surface area contributed by atoms with Gasteiger partial charge in [-0.25, -0.2) is 0 Å². The van der Waals surface area contributed by atoms with Crippen LogP contribution in [0.25, 0.3) is 0 Å². The number of carbonyl (C=O) groups is 2. The molecule has 2 bridgehead atoms. The van der Waals surface area contributed by atoms with Crippen molar-refractivity contribution >= 4 is 11.6 Å². The van der Waals surface area contributed by atoms with Crippen LogP contribution in [0.2, 0.25) is 0 Å². The van der Waals surface area contributed by atoms with E-state index in [9.17, 15) is 9.59 Å². The average molecular weight is 152 g/mol. The van der Waals surface area contributed by atoms with Crippen molar-refractivity contribution in [2.24, 2.45) is 17.3 Å². The third-order valence-electron chi connectivity index (χ3n) is 3.39. The molecule has 3 saturated carbocycles. The summed E-state index contributed by atoms with van der Waals surface area (Å²) >= 11 is 0. The van der Waals surface area contributed by atoms with Crippen molar-refractivity contribution in [1.29, 1.82) is 0 Å². The predicted octanol–water partition coefficient (Wildman–Crippen LogP) is 1.19. The molecule has 2 nitrogen and oxygen atoms in total. The Morgan fingerprint density at radius 1 is 1.18 bits per heavy atom. The van der Waals surface area contributed by atoms with Gasteiger partial charge in [-0.3, -0.25) is 9.59 Å². The van der Waals surface area contributed by atoms with Crippen LogP contribution in [-0.4, -0.2) is 11.6 Å². The van der Waals surface area contributed by atoms with Gasteiger partial charge in [-0.05, 0) is 11.8 Å². The number of carbonyl (C=O) groups excluding carboxylic acids is 2. The molecule has 11 heavy (non-hydrogen) atoms. The normalized spacial score (nSPS) is 40.2. The molecule has 0 heterocycles. The molecule has 0 spiro atoms. The largest absolute Gasteiger partial charge is 0.299 e. The fourth-order valence-electron chi connectivity index (χ4n) is 2.44. The monoisotopic (exact) mass is 152 g/mol. The molecule has 0 saturated heterocycles. The maximum atomic E-state index is 11.2. The van der Waals surface area contributed by atoms with Gasteiger partial charge in [0.25, 0.3) is 0 Å². The fourth-order valence-corrected chi connectivity index (χ4v) is 2.44. The van der Waals surface area contributed by atoms with E-state index in [4.69, 9.17) is 0 Å². The first-order valence-electron chi connectivity index (χ1n) is 4.09. The summed E-state index contributed by atoms with van der Waals surface area (Å²) in [6, 6.07) is 0. The van der Waals surface area contributed by atoms with Crippen molar-refractivity contribution < 1.29 is 9.59 Å². The smallest absolute Gasteiger partial charge is 0.143 e. The lowest BCUT2D eigenvalue weighted by Crippen LogP contribution is -2.57. The van der Waals surface area contributed by atoms with Crippen molar-refractivity contribution in [3.63, 3.8) is 0 Å². The van der Waals surface area contributed by atoms with Crippen LogP contribution >= 0.6 is 0 Å². The van der Waals surface area contributed by atoms with Crippen LogP contribution in [0.5, 0.6) is 0 Å². The summed E-state index contributed by atoms with van der Waals surface area (Å²) < 4.78 is 0. The molecule has 0 amide bonds. The number of fused-ring (bicyclic) bond motifs is 2. The summed E-state index contributed by atoms with van der Waals surface area (Å²) in [6.07, 6.45) is 1.03. The van der Waals surface area contributed by atoms with Crippen LogP contribution in [0.15, 0.2) is 0 Å². The van der Waals surface area contributed by atoms with Crippen LogP contribution in [0.1, 0.15) is 26.7 Å². The second kappa shape index (κ2) is 1.74. The minimum Gasteiger partial charge on any atom is -0.299 e. The summed E-state index contributed by atoms with van der Waals surface area (Å²) in [4.78, 5) is 22.5. The van der Waals surface area contributed by atoms with Gasteiger partial charge < -0.3 is 0 Å². The highest BCUT2D eigenvalue weighted by atomic mass is 16.2. The lowest BCUT2D eigenvalue weighted by atomic mass is 9.48. The quantitative estimate of drug-likeness (QED) is 0.488. The standard InChI is InChI=1S/C9H12O2/c1-9(2)5-3-6(9)8(11)4-7(5)10/h5-6H,3-4H2,1-2H3/t5-,6+. The van der Waals surface area contributed by atoms with Gasteiger partial charge in [-0.15, -0.1) is 0 Å². The van der Waals surface area contributed by atoms with E-state index in [0.29, 0.717) is 0 Å². The van der Waals surface area contributed by atoms with E-state index in [2.05, 4.69) is 0 Å². The Bertz CT molecular complexity index is 218. The molecule has 0 aromatic carbocycles. The lowest BCUT2D eigenvalue weighted by molar-refractivity contribution is -0.160. The summed E-state index contributed by atoms with van der Waals surface area (Å²) in [5, 5.41) is 0. The predicted molar refractivity (Wildman–Crippen MR) is 40.0 cm³/mol. The van der Waals surface area contributed by atoms with E-state index < -0.39 is 0 Å². The topological polar surface area (TPSA) is 34.1 Å². The third-order valence-corrected chi connectivity index (χ3v) is 3.39. The van der Waals surface area contributed by atoms with E-state index in [0.717, 1.165) is 6.42 Å². The maximum absolute atomic E-state index is 11.2. The van der Waals surface area contributed by atoms with Crippen LogP contribution in [0, 0.1) is 17.3 Å². The molecule has 0 N–H and O–H groups in total. The summed E-state index contributed by atoms with van der Waals surface area (Å²) in [5.74, 6) is 0.709. The molecule has 2 atom stereocenters. The lowest BCUT2D eigenvalue weighted by Gasteiger charge is -2.53. The molecule has 3 aliphatic carbocycles. The first-order chi connectivity index (χ1) is 5.03. The van der Waals surface area contributed by atoms with Gasteiger partial charge in [0.05, 0.1) is 6.42 Å². The Kier molecular flexibility index (Phi) is 1.11. The first kappa shape index (κ1) is 7.01. The molecule has 3 fully saturated rings. The molecular formula is C9H12O2. The van der Waals surface area contributed by atoms with Crippen molar-refractivity contribution in [2.45, 2.75) is 26.7 Å². The Morgan fingerprint density at radius 2 is 1.64 bits per heavy atom. The molecule has 2 heteroatoms. The fraction of sp³-hybridized carbons (Fsp3) is 0.778. The van der Waals surface area contributed by atoms with Crippen LogP contribution in [0.4, 0.5) is 0 Å². The van der Waals surface area contributed by atoms with Crippen molar-refractivity contribution in [1.82, 2.24) is 0 Å². The molecule has 60 valence electrons. The number of hydrogen-bond donors (Lipinski definition) is 0. The molecule has 0 aromatic rings. The Hall–Kier alpha value is -0.660. The Balaban J connectivity index is 2.33. The zero-order valence-electron chi connectivity index (χ0n) is 6.89. The van der Waals surface area contributed by atoms with Gasteiger partial charge in [-0.2, -0.15) is 0 Å². The van der Waals surface area contributed by atoms with Crippen molar-refractivity contribution in [3.05, 3.63) is 0 Å². The summed E-state index contributed by atoms with van der Waals surface area (Å²) in [5.41, 5.74) is -0.0214. The van der Waals surface area contributed by atoms with E-state index in [-0.39, 0.29) is 35.2 Å². The van der Waals surface area contributed by atoms with Crippen LogP contribution < -0.4 is 0 Å². The number of rotatable bonds is 0. The van der Waals surface area contributed by atoms with Gasteiger partial charge in [0, 0.05) is 11.8 Å². The zero-order chi connectivity index (χ0) is 8.22. The number of Topliss-reactive ketones (excluding diaryl/α,β-unsaturated/α-hetero) is 2. The maximum Gasteiger partial charge on any atom is 0.143 e. The van der Waals surface area contributed by atoms with Crippen molar-refractivity contribution in [2.75, 3.05) is 0 Å². The molecule has 0 aliphatic heterocycles. The molecule has 0 radical (unpaired) electrons. The Morgan fingerprint density at radius 3 is 1.91 bits per heavy atom. The first-order valence-corrected chi connectivity index (χ1v) is 4.09. The molecule has 3 aliphatic rings. The minimum atomic E-state index is -0.0214. The zero-order valence-corrected chi connectivity index (χ0v) is 6.89. The highest BCUT2D eigenvalue weighted by molar-refractivity contribution is 6.07. The molecule has 0 unspecified atom stereocenters. The van der Waals surface area contributed by atoms with Crippen LogP contribution in [-0.2, 0) is 9.59 Å². The number of hydrogen-bond acceptors (Lipinski definition) is 2. The van der Waals surface area contributed by atoms with E-state index in [1.54, 1.807) is 0 Å². The molecule has 0 aromatic heterocycles. The van der Waals surface area contributed by atoms with Crippen molar-refractivity contribution in [3.8, 4) is 0 Å². The summed E-state index contributed by atoms with van der Waals surface area (Å²) in [7, 11) is 0. The Labute approximate surface area is 66.0 Å². The van der Waals surface area contributed by atoms with E-state index >= 15 is 0 Å². The second-order valence-electron chi connectivity index (χ2n) is 4.27. The second-order valence-corrected chi connectivity index (χ2v) is 4.27.